The average Bonchev–Trinajstić information content (AvgIpc) is 2.17. The third-order valence-corrected chi connectivity index (χ3v) is 3.17. The topological polar surface area (TPSA) is 29.1 Å². The van der Waals surface area contributed by atoms with Crippen molar-refractivity contribution in [3.8, 4) is 0 Å². The molecule has 0 fully saturated rings. The summed E-state index contributed by atoms with van der Waals surface area (Å²) in [7, 11) is 0. The maximum atomic E-state index is 11.7. The van der Waals surface area contributed by atoms with Crippen LogP contribution in [0.3, 0.4) is 0 Å². The van der Waals surface area contributed by atoms with Crippen molar-refractivity contribution in [2.75, 3.05) is 5.32 Å². The number of ketones is 1. The maximum absolute atomic E-state index is 11.7. The summed E-state index contributed by atoms with van der Waals surface area (Å²) in [6.45, 7) is 8.53. The van der Waals surface area contributed by atoms with Crippen molar-refractivity contribution in [3.05, 3.63) is 29.3 Å². The molecule has 1 N–H and O–H groups in total. The number of carbonyl (C=O) groups excluding carboxylic acids is 1. The maximum Gasteiger partial charge on any atom is 0.159 e. The number of rotatable bonds is 0. The van der Waals surface area contributed by atoms with Crippen LogP contribution in [0.15, 0.2) is 18.2 Å². The Kier molecular flexibility index (Phi) is 2.53. The highest BCUT2D eigenvalue weighted by Crippen LogP contribution is 2.34. The Morgan fingerprint density at radius 3 is 2.62 bits per heavy atom. The van der Waals surface area contributed by atoms with E-state index in [1.165, 1.54) is 11.3 Å². The third kappa shape index (κ3) is 1.84. The summed E-state index contributed by atoms with van der Waals surface area (Å²) in [6, 6.07) is 6.18. The Bertz CT molecular complexity index is 429. The van der Waals surface area contributed by atoms with E-state index in [4.69, 9.17) is 0 Å². The monoisotopic (exact) mass is 217 g/mol. The molecule has 1 aromatic rings. The number of anilines is 1. The van der Waals surface area contributed by atoms with Gasteiger partial charge in [-0.1, -0.05) is 39.0 Å². The van der Waals surface area contributed by atoms with Crippen molar-refractivity contribution in [3.63, 3.8) is 0 Å². The molecule has 0 aromatic heterocycles. The smallest absolute Gasteiger partial charge is 0.159 e. The first kappa shape index (κ1) is 11.2. The van der Waals surface area contributed by atoms with Crippen molar-refractivity contribution in [2.24, 2.45) is 0 Å². The van der Waals surface area contributed by atoms with Crippen molar-refractivity contribution in [1.82, 2.24) is 0 Å². The van der Waals surface area contributed by atoms with E-state index in [0.29, 0.717) is 6.42 Å². The first-order valence-corrected chi connectivity index (χ1v) is 5.81. The van der Waals surface area contributed by atoms with E-state index in [-0.39, 0.29) is 17.2 Å². The van der Waals surface area contributed by atoms with Crippen molar-refractivity contribution in [2.45, 2.75) is 45.6 Å². The van der Waals surface area contributed by atoms with Crippen LogP contribution >= 0.6 is 0 Å². The lowest BCUT2D eigenvalue weighted by molar-refractivity contribution is -0.119. The first-order chi connectivity index (χ1) is 7.39. The zero-order chi connectivity index (χ0) is 11.9. The van der Waals surface area contributed by atoms with Crippen LogP contribution in [0.1, 0.15) is 38.8 Å². The van der Waals surface area contributed by atoms with Crippen molar-refractivity contribution in [1.29, 1.82) is 0 Å². The van der Waals surface area contributed by atoms with Gasteiger partial charge < -0.3 is 5.32 Å². The zero-order valence-corrected chi connectivity index (χ0v) is 10.4. The molecular weight excluding hydrogens is 198 g/mol. The number of hydrogen-bond acceptors (Lipinski definition) is 2. The quantitative estimate of drug-likeness (QED) is 0.724. The molecule has 0 spiro atoms. The largest absolute Gasteiger partial charge is 0.375 e. The van der Waals surface area contributed by atoms with Gasteiger partial charge in [-0.3, -0.25) is 4.79 Å². The minimum atomic E-state index is -0.0593. The van der Waals surface area contributed by atoms with E-state index in [9.17, 15) is 4.79 Å². The predicted molar refractivity (Wildman–Crippen MR) is 66.9 cm³/mol. The molecule has 1 heterocycles. The van der Waals surface area contributed by atoms with Crippen LogP contribution in [0.25, 0.3) is 0 Å². The lowest BCUT2D eigenvalue weighted by Crippen LogP contribution is -2.34. The Labute approximate surface area is 97.1 Å². The highest BCUT2D eigenvalue weighted by molar-refractivity contribution is 5.93. The SMILES string of the molecule is C[C@@H]1Nc2c(cccc2C(C)(C)C)CC1=O. The van der Waals surface area contributed by atoms with Crippen LogP contribution in [-0.4, -0.2) is 11.8 Å². The molecule has 0 bridgehead atoms. The summed E-state index contributed by atoms with van der Waals surface area (Å²) >= 11 is 0. The van der Waals surface area contributed by atoms with Crippen LogP contribution in [0, 0.1) is 0 Å². The van der Waals surface area contributed by atoms with Crippen LogP contribution < -0.4 is 5.32 Å². The Hall–Kier alpha value is -1.31. The standard InChI is InChI=1S/C14H19NO/c1-9-12(16)8-10-6-5-7-11(13(10)15-9)14(2,3)4/h5-7,9,15H,8H2,1-4H3/t9-/m0/s1. The fraction of sp³-hybridized carbons (Fsp3) is 0.500. The molecule has 0 amide bonds. The molecule has 2 heteroatoms. The van der Waals surface area contributed by atoms with Gasteiger partial charge in [0.15, 0.2) is 5.78 Å². The summed E-state index contributed by atoms with van der Waals surface area (Å²) in [5.41, 5.74) is 3.71. The Morgan fingerprint density at radius 2 is 2.00 bits per heavy atom. The lowest BCUT2D eigenvalue weighted by atomic mass is 9.82. The fourth-order valence-electron chi connectivity index (χ4n) is 2.18. The summed E-state index contributed by atoms with van der Waals surface area (Å²) in [6.07, 6.45) is 0.563. The molecule has 1 aliphatic rings. The molecule has 0 radical (unpaired) electrons. The molecule has 0 saturated heterocycles. The van der Waals surface area contributed by atoms with Crippen LogP contribution in [-0.2, 0) is 16.6 Å². The van der Waals surface area contributed by atoms with E-state index in [1.807, 2.05) is 19.1 Å². The molecule has 86 valence electrons. The Morgan fingerprint density at radius 1 is 1.31 bits per heavy atom. The van der Waals surface area contributed by atoms with Gasteiger partial charge in [0.05, 0.1) is 6.04 Å². The average molecular weight is 217 g/mol. The summed E-state index contributed by atoms with van der Waals surface area (Å²) in [4.78, 5) is 11.7. The normalized spacial score (nSPS) is 20.2. The molecule has 0 aliphatic carbocycles. The van der Waals surface area contributed by atoms with E-state index in [0.717, 1.165) is 5.56 Å². The zero-order valence-electron chi connectivity index (χ0n) is 10.4. The molecule has 1 aliphatic heterocycles. The van der Waals surface area contributed by atoms with E-state index >= 15 is 0 Å². The fourth-order valence-corrected chi connectivity index (χ4v) is 2.18. The van der Waals surface area contributed by atoms with Crippen LogP contribution in [0.5, 0.6) is 0 Å². The predicted octanol–water partition coefficient (Wildman–Crippen LogP) is 2.91. The molecule has 1 aromatic carbocycles. The Balaban J connectivity index is 2.53. The summed E-state index contributed by atoms with van der Waals surface area (Å²) < 4.78 is 0. The molecular formula is C14H19NO. The molecule has 2 rings (SSSR count). The van der Waals surface area contributed by atoms with Crippen molar-refractivity contribution < 1.29 is 4.79 Å². The van der Waals surface area contributed by atoms with Gasteiger partial charge in [0.1, 0.15) is 0 Å². The number of hydrogen-bond donors (Lipinski definition) is 1. The van der Waals surface area contributed by atoms with Gasteiger partial charge in [-0.05, 0) is 23.5 Å². The minimum Gasteiger partial charge on any atom is -0.375 e. The lowest BCUT2D eigenvalue weighted by Gasteiger charge is -2.30. The summed E-state index contributed by atoms with van der Waals surface area (Å²) in [5.74, 6) is 0.276. The van der Waals surface area contributed by atoms with Crippen LogP contribution in [0.2, 0.25) is 0 Å². The third-order valence-electron chi connectivity index (χ3n) is 3.17. The van der Waals surface area contributed by atoms with Crippen molar-refractivity contribution >= 4 is 11.5 Å². The van der Waals surface area contributed by atoms with Gasteiger partial charge >= 0.3 is 0 Å². The van der Waals surface area contributed by atoms with Crippen LogP contribution in [0.4, 0.5) is 5.69 Å². The first-order valence-electron chi connectivity index (χ1n) is 5.81. The number of Topliss-reactive ketones (excluding diaryl/α,β-unsaturated/α-hetero) is 1. The van der Waals surface area contributed by atoms with Gasteiger partial charge in [0.2, 0.25) is 0 Å². The van der Waals surface area contributed by atoms with Gasteiger partial charge in [-0.15, -0.1) is 0 Å². The molecule has 2 nitrogen and oxygen atoms in total. The second-order valence-corrected chi connectivity index (χ2v) is 5.60. The second-order valence-electron chi connectivity index (χ2n) is 5.60. The molecule has 0 saturated carbocycles. The van der Waals surface area contributed by atoms with E-state index in [2.05, 4.69) is 32.2 Å². The highest BCUT2D eigenvalue weighted by Gasteiger charge is 2.27. The van der Waals surface area contributed by atoms with Gasteiger partial charge in [-0.25, -0.2) is 0 Å². The van der Waals surface area contributed by atoms with Gasteiger partial charge in [-0.2, -0.15) is 0 Å². The number of nitrogens with one attached hydrogen (secondary N) is 1. The van der Waals surface area contributed by atoms with E-state index < -0.39 is 0 Å². The molecule has 16 heavy (non-hydrogen) atoms. The highest BCUT2D eigenvalue weighted by atomic mass is 16.1. The second kappa shape index (κ2) is 3.62. The molecule has 0 unspecified atom stereocenters. The minimum absolute atomic E-state index is 0.0593. The van der Waals surface area contributed by atoms with Gasteiger partial charge in [0.25, 0.3) is 0 Å². The van der Waals surface area contributed by atoms with E-state index in [1.54, 1.807) is 0 Å². The number of benzene rings is 1. The number of fused-ring (bicyclic) bond motifs is 1. The van der Waals surface area contributed by atoms with Gasteiger partial charge in [0, 0.05) is 12.1 Å². The molecule has 1 atom stereocenters. The summed E-state index contributed by atoms with van der Waals surface area (Å²) in [5, 5.41) is 3.34. The number of para-hydroxylation sites is 1. The number of carbonyl (C=O) groups is 1.